The molecule has 2 rings (SSSR count). The summed E-state index contributed by atoms with van der Waals surface area (Å²) in [6.45, 7) is 0.764. The lowest BCUT2D eigenvalue weighted by Gasteiger charge is -2.23. The molecular weight excluding hydrogens is 229 g/mol. The van der Waals surface area contributed by atoms with Gasteiger partial charge in [0.15, 0.2) is 5.78 Å². The molecule has 0 amide bonds. The number of hydrogen-bond acceptors (Lipinski definition) is 2. The minimum Gasteiger partial charge on any atom is -0.303 e. The maximum absolute atomic E-state index is 13.0. The molecule has 1 aromatic rings. The van der Waals surface area contributed by atoms with Crippen molar-refractivity contribution in [1.29, 1.82) is 0 Å². The average molecular weight is 249 g/mol. The first kappa shape index (κ1) is 13.2. The Balaban J connectivity index is 1.84. The molecule has 0 heterocycles. The monoisotopic (exact) mass is 249 g/mol. The van der Waals surface area contributed by atoms with E-state index in [9.17, 15) is 9.18 Å². The van der Waals surface area contributed by atoms with Crippen molar-refractivity contribution in [3.63, 3.8) is 0 Å². The predicted molar refractivity (Wildman–Crippen MR) is 70.2 cm³/mol. The van der Waals surface area contributed by atoms with E-state index in [1.54, 1.807) is 12.1 Å². The molecule has 2 nitrogen and oxygen atoms in total. The van der Waals surface area contributed by atoms with Gasteiger partial charge >= 0.3 is 0 Å². The molecule has 0 unspecified atom stereocenters. The minimum absolute atomic E-state index is 0.0272. The number of benzene rings is 1. The largest absolute Gasteiger partial charge is 0.303 e. The van der Waals surface area contributed by atoms with Crippen LogP contribution in [0.2, 0.25) is 0 Å². The number of carbonyl (C=O) groups excluding carboxylic acids is 1. The number of ketones is 1. The predicted octanol–water partition coefficient (Wildman–Crippen LogP) is 3.27. The Morgan fingerprint density at radius 3 is 2.78 bits per heavy atom. The lowest BCUT2D eigenvalue weighted by Crippen LogP contribution is -2.31. The summed E-state index contributed by atoms with van der Waals surface area (Å²) in [5.41, 5.74) is 0.481. The Morgan fingerprint density at radius 2 is 2.11 bits per heavy atom. The van der Waals surface area contributed by atoms with Crippen LogP contribution in [-0.2, 0) is 0 Å². The Bertz CT molecular complexity index is 413. The summed E-state index contributed by atoms with van der Waals surface area (Å²) in [5, 5.41) is 0. The van der Waals surface area contributed by atoms with Crippen LogP contribution in [0.4, 0.5) is 4.39 Å². The molecule has 0 aromatic heterocycles. The van der Waals surface area contributed by atoms with Gasteiger partial charge in [-0.05, 0) is 32.0 Å². The molecule has 3 heteroatoms. The topological polar surface area (TPSA) is 20.3 Å². The van der Waals surface area contributed by atoms with E-state index in [1.807, 2.05) is 0 Å². The van der Waals surface area contributed by atoms with E-state index >= 15 is 0 Å². The second kappa shape index (κ2) is 6.10. The summed E-state index contributed by atoms with van der Waals surface area (Å²) in [4.78, 5) is 14.2. The van der Waals surface area contributed by atoms with E-state index in [4.69, 9.17) is 0 Å². The van der Waals surface area contributed by atoms with Crippen molar-refractivity contribution >= 4 is 5.78 Å². The van der Waals surface area contributed by atoms with Crippen LogP contribution in [0.5, 0.6) is 0 Å². The SMILES string of the molecule is CN(CCC(=O)c1cccc(F)c1)C1CCCC1. The van der Waals surface area contributed by atoms with Gasteiger partial charge in [-0.25, -0.2) is 4.39 Å². The minimum atomic E-state index is -0.343. The molecule has 0 radical (unpaired) electrons. The molecule has 0 N–H and O–H groups in total. The molecular formula is C15H20FNO. The van der Waals surface area contributed by atoms with Gasteiger partial charge in [0, 0.05) is 24.6 Å². The van der Waals surface area contributed by atoms with E-state index in [-0.39, 0.29) is 11.6 Å². The average Bonchev–Trinajstić information content (AvgIpc) is 2.89. The molecule has 0 saturated heterocycles. The number of nitrogens with zero attached hydrogens (tertiary/aromatic N) is 1. The number of Topliss-reactive ketones (excluding diaryl/α,β-unsaturated/α-hetero) is 1. The van der Waals surface area contributed by atoms with E-state index in [0.717, 1.165) is 6.54 Å². The van der Waals surface area contributed by atoms with E-state index in [1.165, 1.54) is 37.8 Å². The highest BCUT2D eigenvalue weighted by Crippen LogP contribution is 2.22. The second-order valence-corrected chi connectivity index (χ2v) is 5.10. The fraction of sp³-hybridized carbons (Fsp3) is 0.533. The zero-order valence-corrected chi connectivity index (χ0v) is 10.9. The summed E-state index contributed by atoms with van der Waals surface area (Å²) < 4.78 is 13.0. The van der Waals surface area contributed by atoms with Gasteiger partial charge in [-0.1, -0.05) is 25.0 Å². The maximum Gasteiger partial charge on any atom is 0.164 e. The van der Waals surface area contributed by atoms with Gasteiger partial charge in [0.25, 0.3) is 0 Å². The molecule has 1 fully saturated rings. The number of carbonyl (C=O) groups is 1. The molecule has 1 aliphatic carbocycles. The Morgan fingerprint density at radius 1 is 1.39 bits per heavy atom. The molecule has 0 aliphatic heterocycles. The number of hydrogen-bond donors (Lipinski definition) is 0. The molecule has 18 heavy (non-hydrogen) atoms. The third-order valence-corrected chi connectivity index (χ3v) is 3.79. The standard InChI is InChI=1S/C15H20FNO/c1-17(14-7-2-3-8-14)10-9-15(18)12-5-4-6-13(16)11-12/h4-6,11,14H,2-3,7-10H2,1H3. The highest BCUT2D eigenvalue weighted by atomic mass is 19.1. The lowest BCUT2D eigenvalue weighted by molar-refractivity contribution is 0.0960. The third kappa shape index (κ3) is 3.39. The summed E-state index contributed by atoms with van der Waals surface area (Å²) in [5.74, 6) is -0.315. The molecule has 1 aromatic carbocycles. The summed E-state index contributed by atoms with van der Waals surface area (Å²) in [6.07, 6.45) is 5.55. The zero-order valence-electron chi connectivity index (χ0n) is 10.9. The van der Waals surface area contributed by atoms with Crippen LogP contribution in [0.1, 0.15) is 42.5 Å². The Labute approximate surface area is 108 Å². The van der Waals surface area contributed by atoms with Crippen molar-refractivity contribution in [2.75, 3.05) is 13.6 Å². The fourth-order valence-corrected chi connectivity index (χ4v) is 2.61. The van der Waals surface area contributed by atoms with Crippen LogP contribution in [0, 0.1) is 5.82 Å². The molecule has 0 spiro atoms. The Kier molecular flexibility index (Phi) is 4.48. The zero-order chi connectivity index (χ0) is 13.0. The maximum atomic E-state index is 13.0. The molecule has 1 saturated carbocycles. The van der Waals surface area contributed by atoms with Gasteiger partial charge in [-0.15, -0.1) is 0 Å². The van der Waals surface area contributed by atoms with Gasteiger partial charge in [0.05, 0.1) is 0 Å². The first-order chi connectivity index (χ1) is 8.66. The number of rotatable bonds is 5. The third-order valence-electron chi connectivity index (χ3n) is 3.79. The first-order valence-electron chi connectivity index (χ1n) is 6.66. The number of halogens is 1. The van der Waals surface area contributed by atoms with Crippen molar-refractivity contribution in [3.8, 4) is 0 Å². The van der Waals surface area contributed by atoms with Gasteiger partial charge in [0.2, 0.25) is 0 Å². The summed E-state index contributed by atoms with van der Waals surface area (Å²) in [7, 11) is 2.08. The summed E-state index contributed by atoms with van der Waals surface area (Å²) >= 11 is 0. The van der Waals surface area contributed by atoms with Gasteiger partial charge in [0.1, 0.15) is 5.82 Å². The van der Waals surface area contributed by atoms with Crippen LogP contribution in [0.25, 0.3) is 0 Å². The second-order valence-electron chi connectivity index (χ2n) is 5.10. The first-order valence-corrected chi connectivity index (χ1v) is 6.66. The van der Waals surface area contributed by atoms with Gasteiger partial charge in [-0.2, -0.15) is 0 Å². The quantitative estimate of drug-likeness (QED) is 0.746. The molecule has 0 atom stereocenters. The van der Waals surface area contributed by atoms with Crippen molar-refractivity contribution in [3.05, 3.63) is 35.6 Å². The van der Waals surface area contributed by atoms with Crippen LogP contribution < -0.4 is 0 Å². The fourth-order valence-electron chi connectivity index (χ4n) is 2.61. The van der Waals surface area contributed by atoms with Crippen LogP contribution in [0.15, 0.2) is 24.3 Å². The van der Waals surface area contributed by atoms with E-state index < -0.39 is 0 Å². The highest BCUT2D eigenvalue weighted by molar-refractivity contribution is 5.96. The van der Waals surface area contributed by atoms with Gasteiger partial charge < -0.3 is 4.90 Å². The van der Waals surface area contributed by atoms with Gasteiger partial charge in [-0.3, -0.25) is 4.79 Å². The Hall–Kier alpha value is -1.22. The lowest BCUT2D eigenvalue weighted by atomic mass is 10.1. The van der Waals surface area contributed by atoms with Crippen LogP contribution in [-0.4, -0.2) is 30.3 Å². The van der Waals surface area contributed by atoms with E-state index in [2.05, 4.69) is 11.9 Å². The molecule has 1 aliphatic rings. The summed E-state index contributed by atoms with van der Waals surface area (Å²) in [6, 6.07) is 6.58. The molecule has 98 valence electrons. The van der Waals surface area contributed by atoms with Crippen molar-refractivity contribution in [2.24, 2.45) is 0 Å². The van der Waals surface area contributed by atoms with Crippen molar-refractivity contribution < 1.29 is 9.18 Å². The van der Waals surface area contributed by atoms with Crippen molar-refractivity contribution in [1.82, 2.24) is 4.90 Å². The van der Waals surface area contributed by atoms with Crippen LogP contribution in [0.3, 0.4) is 0 Å². The smallest absolute Gasteiger partial charge is 0.164 e. The molecule has 0 bridgehead atoms. The van der Waals surface area contributed by atoms with Crippen LogP contribution >= 0.6 is 0 Å². The van der Waals surface area contributed by atoms with Crippen molar-refractivity contribution in [2.45, 2.75) is 38.1 Å². The van der Waals surface area contributed by atoms with E-state index in [0.29, 0.717) is 18.0 Å². The normalized spacial score (nSPS) is 16.4. The highest BCUT2D eigenvalue weighted by Gasteiger charge is 2.19.